The van der Waals surface area contributed by atoms with E-state index < -0.39 is 11.5 Å². The molecule has 26 heavy (non-hydrogen) atoms. The number of anilines is 1. The lowest BCUT2D eigenvalue weighted by Gasteiger charge is -2.25. The number of nitrogens with one attached hydrogen (secondary N) is 1. The van der Waals surface area contributed by atoms with Crippen molar-refractivity contribution in [2.75, 3.05) is 5.32 Å². The topological polar surface area (TPSA) is 55.4 Å². The highest BCUT2D eigenvalue weighted by molar-refractivity contribution is 5.95. The smallest absolute Gasteiger partial charge is 0.303 e. The van der Waals surface area contributed by atoms with E-state index in [9.17, 15) is 9.59 Å². The molecule has 138 valence electrons. The molecule has 0 aliphatic rings. The minimum Gasteiger partial charge on any atom is -0.453 e. The summed E-state index contributed by atoms with van der Waals surface area (Å²) in [7, 11) is 0. The highest BCUT2D eigenvalue weighted by Gasteiger charge is 2.26. The second-order valence-corrected chi connectivity index (χ2v) is 7.57. The van der Waals surface area contributed by atoms with Gasteiger partial charge in [0.1, 0.15) is 0 Å². The van der Waals surface area contributed by atoms with Crippen LogP contribution in [-0.2, 0) is 14.3 Å². The minimum atomic E-state index is -0.580. The van der Waals surface area contributed by atoms with Crippen molar-refractivity contribution in [3.05, 3.63) is 64.7 Å². The van der Waals surface area contributed by atoms with Crippen LogP contribution in [0, 0.1) is 19.3 Å². The number of rotatable bonds is 4. The Hall–Kier alpha value is -2.62. The Morgan fingerprint density at radius 3 is 2.19 bits per heavy atom. The minimum absolute atomic E-state index is 0.0903. The summed E-state index contributed by atoms with van der Waals surface area (Å²) in [6, 6.07) is 13.4. The number of ether oxygens (including phenoxy) is 1. The van der Waals surface area contributed by atoms with Crippen molar-refractivity contribution in [1.29, 1.82) is 0 Å². The van der Waals surface area contributed by atoms with Crippen molar-refractivity contribution in [2.45, 2.75) is 47.6 Å². The zero-order valence-electron chi connectivity index (χ0n) is 16.3. The standard InChI is InChI=1S/C22H27NO3/c1-14-10-9-12-17(15(14)2)20(26-16(3)24)18-11-7-8-13-19(18)23-21(25)22(4,5)6/h7-13,20H,1-6H3,(H,23,25). The first-order valence-corrected chi connectivity index (χ1v) is 8.75. The Bertz CT molecular complexity index is 818. The van der Waals surface area contributed by atoms with E-state index in [1.165, 1.54) is 6.92 Å². The largest absolute Gasteiger partial charge is 0.453 e. The molecule has 0 radical (unpaired) electrons. The molecule has 0 aliphatic heterocycles. The van der Waals surface area contributed by atoms with Crippen molar-refractivity contribution in [3.63, 3.8) is 0 Å². The van der Waals surface area contributed by atoms with Gasteiger partial charge in [-0.25, -0.2) is 0 Å². The van der Waals surface area contributed by atoms with Gasteiger partial charge in [0.2, 0.25) is 5.91 Å². The van der Waals surface area contributed by atoms with Crippen molar-refractivity contribution in [3.8, 4) is 0 Å². The quantitative estimate of drug-likeness (QED) is 0.792. The third-order valence-electron chi connectivity index (χ3n) is 4.39. The molecule has 1 N–H and O–H groups in total. The monoisotopic (exact) mass is 353 g/mol. The molecule has 1 atom stereocenters. The normalized spacial score (nSPS) is 12.4. The Labute approximate surface area is 155 Å². The maximum absolute atomic E-state index is 12.5. The summed E-state index contributed by atoms with van der Waals surface area (Å²) in [5, 5.41) is 2.98. The zero-order valence-corrected chi connectivity index (χ0v) is 16.3. The lowest BCUT2D eigenvalue weighted by molar-refractivity contribution is -0.144. The first kappa shape index (κ1) is 19.7. The second kappa shape index (κ2) is 7.73. The highest BCUT2D eigenvalue weighted by Crippen LogP contribution is 2.34. The molecule has 0 saturated carbocycles. The molecule has 2 aromatic carbocycles. The van der Waals surface area contributed by atoms with Gasteiger partial charge in [0.15, 0.2) is 6.10 Å². The molecule has 0 fully saturated rings. The van der Waals surface area contributed by atoms with Crippen LogP contribution in [-0.4, -0.2) is 11.9 Å². The van der Waals surface area contributed by atoms with Crippen LogP contribution in [0.2, 0.25) is 0 Å². The molecule has 0 saturated heterocycles. The summed E-state index contributed by atoms with van der Waals surface area (Å²) in [6.45, 7) is 11.0. The van der Waals surface area contributed by atoms with Gasteiger partial charge in [-0.1, -0.05) is 57.2 Å². The summed E-state index contributed by atoms with van der Waals surface area (Å²) in [5.41, 5.74) is 3.99. The molecule has 2 rings (SSSR count). The number of aryl methyl sites for hydroxylation is 1. The fourth-order valence-corrected chi connectivity index (χ4v) is 2.67. The average molecular weight is 353 g/mol. The molecule has 1 amide bonds. The average Bonchev–Trinajstić information content (AvgIpc) is 2.55. The number of benzene rings is 2. The summed E-state index contributed by atoms with van der Waals surface area (Å²) < 4.78 is 5.68. The third kappa shape index (κ3) is 4.51. The predicted molar refractivity (Wildman–Crippen MR) is 104 cm³/mol. The first-order chi connectivity index (χ1) is 12.1. The van der Waals surface area contributed by atoms with E-state index in [-0.39, 0.29) is 11.9 Å². The Kier molecular flexibility index (Phi) is 5.86. The van der Waals surface area contributed by atoms with E-state index in [0.717, 1.165) is 22.3 Å². The van der Waals surface area contributed by atoms with Crippen LogP contribution in [0.25, 0.3) is 0 Å². The molecular formula is C22H27NO3. The maximum Gasteiger partial charge on any atom is 0.303 e. The van der Waals surface area contributed by atoms with Crippen LogP contribution in [0.15, 0.2) is 42.5 Å². The van der Waals surface area contributed by atoms with Gasteiger partial charge in [-0.15, -0.1) is 0 Å². The molecule has 1 unspecified atom stereocenters. The van der Waals surface area contributed by atoms with Crippen LogP contribution < -0.4 is 5.32 Å². The summed E-state index contributed by atoms with van der Waals surface area (Å²) in [6.07, 6.45) is -0.580. The molecule has 0 spiro atoms. The number of esters is 1. The van der Waals surface area contributed by atoms with Gasteiger partial charge >= 0.3 is 5.97 Å². The van der Waals surface area contributed by atoms with E-state index in [1.54, 1.807) is 0 Å². The van der Waals surface area contributed by atoms with Gasteiger partial charge < -0.3 is 10.1 Å². The zero-order chi connectivity index (χ0) is 19.5. The second-order valence-electron chi connectivity index (χ2n) is 7.57. The van der Waals surface area contributed by atoms with E-state index in [1.807, 2.05) is 77.1 Å². The molecule has 0 aromatic heterocycles. The number of amides is 1. The fourth-order valence-electron chi connectivity index (χ4n) is 2.67. The van der Waals surface area contributed by atoms with Gasteiger partial charge in [0.25, 0.3) is 0 Å². The van der Waals surface area contributed by atoms with Crippen LogP contribution >= 0.6 is 0 Å². The van der Waals surface area contributed by atoms with Crippen LogP contribution in [0.3, 0.4) is 0 Å². The molecule has 4 nitrogen and oxygen atoms in total. The number of carbonyl (C=O) groups excluding carboxylic acids is 2. The molecular weight excluding hydrogens is 326 g/mol. The van der Waals surface area contributed by atoms with Gasteiger partial charge in [-0.3, -0.25) is 9.59 Å². The Balaban J connectivity index is 2.55. The fraction of sp³-hybridized carbons (Fsp3) is 0.364. The number of hydrogen-bond donors (Lipinski definition) is 1. The van der Waals surface area contributed by atoms with Crippen molar-refractivity contribution < 1.29 is 14.3 Å². The predicted octanol–water partition coefficient (Wildman–Crippen LogP) is 4.94. The molecule has 0 heterocycles. The van der Waals surface area contributed by atoms with Gasteiger partial charge in [0.05, 0.1) is 0 Å². The third-order valence-corrected chi connectivity index (χ3v) is 4.39. The molecule has 0 aliphatic carbocycles. The Morgan fingerprint density at radius 2 is 1.58 bits per heavy atom. The lowest BCUT2D eigenvalue weighted by Crippen LogP contribution is -2.28. The van der Waals surface area contributed by atoms with Crippen molar-refractivity contribution >= 4 is 17.6 Å². The number of para-hydroxylation sites is 1. The Morgan fingerprint density at radius 1 is 0.962 bits per heavy atom. The van der Waals surface area contributed by atoms with E-state index in [4.69, 9.17) is 4.74 Å². The lowest BCUT2D eigenvalue weighted by atomic mass is 9.92. The first-order valence-electron chi connectivity index (χ1n) is 8.75. The SMILES string of the molecule is CC(=O)OC(c1ccccc1NC(=O)C(C)(C)C)c1cccc(C)c1C. The van der Waals surface area contributed by atoms with Crippen molar-refractivity contribution in [1.82, 2.24) is 0 Å². The van der Waals surface area contributed by atoms with E-state index in [2.05, 4.69) is 5.32 Å². The molecule has 0 bridgehead atoms. The van der Waals surface area contributed by atoms with Crippen LogP contribution in [0.1, 0.15) is 56.1 Å². The van der Waals surface area contributed by atoms with Gasteiger partial charge in [0, 0.05) is 29.2 Å². The van der Waals surface area contributed by atoms with E-state index >= 15 is 0 Å². The van der Waals surface area contributed by atoms with Crippen LogP contribution in [0.5, 0.6) is 0 Å². The maximum atomic E-state index is 12.5. The summed E-state index contributed by atoms with van der Waals surface area (Å²) >= 11 is 0. The number of hydrogen-bond acceptors (Lipinski definition) is 3. The summed E-state index contributed by atoms with van der Waals surface area (Å²) in [4.78, 5) is 24.2. The summed E-state index contributed by atoms with van der Waals surface area (Å²) in [5.74, 6) is -0.458. The highest BCUT2D eigenvalue weighted by atomic mass is 16.5. The molecule has 4 heteroatoms. The van der Waals surface area contributed by atoms with Crippen molar-refractivity contribution in [2.24, 2.45) is 5.41 Å². The van der Waals surface area contributed by atoms with Gasteiger partial charge in [-0.05, 0) is 31.0 Å². The van der Waals surface area contributed by atoms with Gasteiger partial charge in [-0.2, -0.15) is 0 Å². The molecule has 2 aromatic rings. The van der Waals surface area contributed by atoms with Crippen LogP contribution in [0.4, 0.5) is 5.69 Å². The number of carbonyl (C=O) groups is 2. The van der Waals surface area contributed by atoms with E-state index in [0.29, 0.717) is 5.69 Å².